The van der Waals surface area contributed by atoms with Gasteiger partial charge in [0.1, 0.15) is 6.04 Å². The lowest BCUT2D eigenvalue weighted by Gasteiger charge is -2.19. The molecule has 14 heavy (non-hydrogen) atoms. The first-order valence-corrected chi connectivity index (χ1v) is 4.15. The lowest BCUT2D eigenvalue weighted by Crippen LogP contribution is -2.45. The van der Waals surface area contributed by atoms with E-state index >= 15 is 0 Å². The molecule has 1 N–H and O–H groups in total. The van der Waals surface area contributed by atoms with Gasteiger partial charge in [0.25, 0.3) is 0 Å². The molecule has 0 heterocycles. The van der Waals surface area contributed by atoms with Crippen LogP contribution in [0.2, 0.25) is 0 Å². The van der Waals surface area contributed by atoms with E-state index in [1.807, 2.05) is 5.32 Å². The fourth-order valence-electron chi connectivity index (χ4n) is 0.763. The van der Waals surface area contributed by atoms with Crippen molar-refractivity contribution in [2.45, 2.75) is 26.1 Å². The summed E-state index contributed by atoms with van der Waals surface area (Å²) in [4.78, 5) is 11.1. The van der Waals surface area contributed by atoms with E-state index in [4.69, 9.17) is 0 Å². The van der Waals surface area contributed by atoms with Gasteiger partial charge in [0.05, 0.1) is 12.5 Å². The second-order valence-electron chi connectivity index (χ2n) is 3.13. The molecule has 1 amide bonds. The molecule has 6 heteroatoms. The van der Waals surface area contributed by atoms with Gasteiger partial charge in [-0.25, -0.2) is 0 Å². The van der Waals surface area contributed by atoms with E-state index in [0.29, 0.717) is 0 Å². The zero-order chi connectivity index (χ0) is 11.4. The normalized spacial score (nSPS) is 16.1. The minimum Gasteiger partial charge on any atom is -0.384 e. The summed E-state index contributed by atoms with van der Waals surface area (Å²) >= 11 is 0. The van der Waals surface area contributed by atoms with Crippen LogP contribution in [0.25, 0.3) is 0 Å². The molecule has 0 aromatic heterocycles. The van der Waals surface area contributed by atoms with E-state index in [0.717, 1.165) is 6.92 Å². The van der Waals surface area contributed by atoms with Crippen molar-refractivity contribution < 1.29 is 22.7 Å². The highest BCUT2D eigenvalue weighted by atomic mass is 19.4. The standard InChI is InChI=1S/C8H14F3NO2/c1-5(4-14-3)7(13)12-6(2)8(9,10)11/h5-6H,4H2,1-3H3,(H,12,13). The van der Waals surface area contributed by atoms with Crippen LogP contribution in [-0.4, -0.2) is 31.8 Å². The molecule has 0 aromatic carbocycles. The van der Waals surface area contributed by atoms with Crippen molar-refractivity contribution in [2.75, 3.05) is 13.7 Å². The summed E-state index contributed by atoms with van der Waals surface area (Å²) in [6.45, 7) is 2.51. The van der Waals surface area contributed by atoms with Gasteiger partial charge in [-0.2, -0.15) is 13.2 Å². The van der Waals surface area contributed by atoms with E-state index < -0.39 is 24.0 Å². The molecule has 3 nitrogen and oxygen atoms in total. The van der Waals surface area contributed by atoms with E-state index in [2.05, 4.69) is 4.74 Å². The first kappa shape index (κ1) is 13.2. The van der Waals surface area contributed by atoms with Crippen molar-refractivity contribution in [1.29, 1.82) is 0 Å². The Balaban J connectivity index is 4.06. The van der Waals surface area contributed by atoms with Gasteiger partial charge < -0.3 is 10.1 Å². The molecular weight excluding hydrogens is 199 g/mol. The van der Waals surface area contributed by atoms with Crippen molar-refractivity contribution >= 4 is 5.91 Å². The van der Waals surface area contributed by atoms with Gasteiger partial charge in [0, 0.05) is 7.11 Å². The summed E-state index contributed by atoms with van der Waals surface area (Å²) in [5.41, 5.74) is 0. The summed E-state index contributed by atoms with van der Waals surface area (Å²) in [7, 11) is 1.39. The SMILES string of the molecule is COCC(C)C(=O)NC(C)C(F)(F)F. The molecule has 0 saturated heterocycles. The molecule has 0 rings (SSSR count). The fraction of sp³-hybridized carbons (Fsp3) is 0.875. The van der Waals surface area contributed by atoms with Gasteiger partial charge in [-0.3, -0.25) is 4.79 Å². The van der Waals surface area contributed by atoms with E-state index in [1.54, 1.807) is 0 Å². The van der Waals surface area contributed by atoms with Gasteiger partial charge in [0.2, 0.25) is 5.91 Å². The van der Waals surface area contributed by atoms with E-state index in [1.165, 1.54) is 14.0 Å². The van der Waals surface area contributed by atoms with Crippen LogP contribution in [-0.2, 0) is 9.53 Å². The zero-order valence-electron chi connectivity index (χ0n) is 8.31. The van der Waals surface area contributed by atoms with Crippen LogP contribution >= 0.6 is 0 Å². The molecule has 2 unspecified atom stereocenters. The maximum absolute atomic E-state index is 12.0. The number of methoxy groups -OCH3 is 1. The number of nitrogens with one attached hydrogen (secondary N) is 1. The molecule has 0 aliphatic rings. The van der Waals surface area contributed by atoms with Gasteiger partial charge in [-0.1, -0.05) is 6.92 Å². The topological polar surface area (TPSA) is 38.3 Å². The van der Waals surface area contributed by atoms with Crippen LogP contribution in [0, 0.1) is 5.92 Å². The summed E-state index contributed by atoms with van der Waals surface area (Å²) in [6.07, 6.45) is -4.40. The largest absolute Gasteiger partial charge is 0.408 e. The highest BCUT2D eigenvalue weighted by molar-refractivity contribution is 5.78. The predicted molar refractivity (Wildman–Crippen MR) is 44.7 cm³/mol. The van der Waals surface area contributed by atoms with Crippen molar-refractivity contribution in [3.05, 3.63) is 0 Å². The number of alkyl halides is 3. The van der Waals surface area contributed by atoms with E-state index in [9.17, 15) is 18.0 Å². The van der Waals surface area contributed by atoms with E-state index in [-0.39, 0.29) is 6.61 Å². The Morgan fingerprint density at radius 1 is 1.43 bits per heavy atom. The average molecular weight is 213 g/mol. The Labute approximate surface area is 80.6 Å². The molecule has 0 aliphatic heterocycles. The Morgan fingerprint density at radius 2 is 1.93 bits per heavy atom. The first-order valence-electron chi connectivity index (χ1n) is 4.15. The third-order valence-electron chi connectivity index (χ3n) is 1.71. The Morgan fingerprint density at radius 3 is 2.29 bits per heavy atom. The van der Waals surface area contributed by atoms with Crippen LogP contribution in [0.3, 0.4) is 0 Å². The molecular formula is C8H14F3NO2. The zero-order valence-corrected chi connectivity index (χ0v) is 8.31. The van der Waals surface area contributed by atoms with Crippen LogP contribution in [0.15, 0.2) is 0 Å². The molecule has 0 saturated carbocycles. The van der Waals surface area contributed by atoms with Gasteiger partial charge in [0.15, 0.2) is 0 Å². The maximum Gasteiger partial charge on any atom is 0.408 e. The highest BCUT2D eigenvalue weighted by Crippen LogP contribution is 2.19. The summed E-state index contributed by atoms with van der Waals surface area (Å²) in [5.74, 6) is -1.23. The predicted octanol–water partition coefficient (Wildman–Crippen LogP) is 1.34. The number of hydrogen-bond acceptors (Lipinski definition) is 2. The Hall–Kier alpha value is -0.780. The van der Waals surface area contributed by atoms with Gasteiger partial charge in [-0.15, -0.1) is 0 Å². The first-order chi connectivity index (χ1) is 6.29. The minimum atomic E-state index is -4.40. The molecule has 0 radical (unpaired) electrons. The second-order valence-corrected chi connectivity index (χ2v) is 3.13. The summed E-state index contributed by atoms with van der Waals surface area (Å²) in [5, 5.41) is 1.86. The lowest BCUT2D eigenvalue weighted by atomic mass is 10.1. The number of carbonyl (C=O) groups excluding carboxylic acids is 1. The third kappa shape index (κ3) is 4.45. The number of ether oxygens (including phenoxy) is 1. The number of rotatable bonds is 4. The van der Waals surface area contributed by atoms with Crippen molar-refractivity contribution in [2.24, 2.45) is 5.92 Å². The molecule has 0 aliphatic carbocycles. The smallest absolute Gasteiger partial charge is 0.384 e. The number of carbonyl (C=O) groups is 1. The third-order valence-corrected chi connectivity index (χ3v) is 1.71. The van der Waals surface area contributed by atoms with Crippen molar-refractivity contribution in [3.8, 4) is 0 Å². The quantitative estimate of drug-likeness (QED) is 0.765. The average Bonchev–Trinajstić information content (AvgIpc) is 2.02. The molecule has 0 spiro atoms. The van der Waals surface area contributed by atoms with Gasteiger partial charge in [-0.05, 0) is 6.92 Å². The maximum atomic E-state index is 12.0. The molecule has 0 aromatic rings. The highest BCUT2D eigenvalue weighted by Gasteiger charge is 2.37. The number of amides is 1. The van der Waals surface area contributed by atoms with Crippen LogP contribution < -0.4 is 5.32 Å². The fourth-order valence-corrected chi connectivity index (χ4v) is 0.763. The Kier molecular flexibility index (Phi) is 4.90. The number of halogens is 3. The molecule has 2 atom stereocenters. The second kappa shape index (κ2) is 5.19. The Bertz CT molecular complexity index is 194. The monoisotopic (exact) mass is 213 g/mol. The molecule has 0 bridgehead atoms. The molecule has 84 valence electrons. The molecule has 0 fully saturated rings. The van der Waals surface area contributed by atoms with Crippen LogP contribution in [0.4, 0.5) is 13.2 Å². The summed E-state index contributed by atoms with van der Waals surface area (Å²) in [6, 6.07) is -1.82. The number of hydrogen-bond donors (Lipinski definition) is 1. The van der Waals surface area contributed by atoms with Crippen LogP contribution in [0.5, 0.6) is 0 Å². The lowest BCUT2D eigenvalue weighted by molar-refractivity contribution is -0.159. The van der Waals surface area contributed by atoms with Gasteiger partial charge >= 0.3 is 6.18 Å². The van der Waals surface area contributed by atoms with Crippen molar-refractivity contribution in [3.63, 3.8) is 0 Å². The minimum absolute atomic E-state index is 0.108. The van der Waals surface area contributed by atoms with Crippen molar-refractivity contribution in [1.82, 2.24) is 5.32 Å². The van der Waals surface area contributed by atoms with Crippen LogP contribution in [0.1, 0.15) is 13.8 Å². The summed E-state index contributed by atoms with van der Waals surface area (Å²) < 4.78 is 40.7.